The molecule has 1 aromatic rings. The second kappa shape index (κ2) is 12.4. The quantitative estimate of drug-likeness (QED) is 0.546. The summed E-state index contributed by atoms with van der Waals surface area (Å²) in [5.41, 5.74) is 1.47. The monoisotopic (exact) mass is 289 g/mol. The Kier molecular flexibility index (Phi) is 10.5. The van der Waals surface area contributed by atoms with Crippen molar-refractivity contribution in [3.63, 3.8) is 0 Å². The fourth-order valence-corrected chi connectivity index (χ4v) is 2.60. The number of hydrogen-bond donors (Lipinski definition) is 1. The molecule has 0 atom stereocenters. The van der Waals surface area contributed by atoms with Crippen LogP contribution in [0.3, 0.4) is 0 Å². The van der Waals surface area contributed by atoms with E-state index in [1.165, 1.54) is 63.4 Å². The van der Waals surface area contributed by atoms with Crippen LogP contribution in [-0.4, -0.2) is 12.5 Å². The van der Waals surface area contributed by atoms with E-state index < -0.39 is 0 Å². The second-order valence-electron chi connectivity index (χ2n) is 5.90. The first-order valence-corrected chi connectivity index (χ1v) is 8.57. The van der Waals surface area contributed by atoms with E-state index in [1.54, 1.807) is 6.92 Å². The molecule has 2 heteroatoms. The average Bonchev–Trinajstić information content (AvgIpc) is 2.49. The van der Waals surface area contributed by atoms with Crippen molar-refractivity contribution in [2.24, 2.45) is 0 Å². The first-order valence-electron chi connectivity index (χ1n) is 8.57. The zero-order chi connectivity index (χ0) is 15.2. The highest BCUT2D eigenvalue weighted by atomic mass is 16.1. The molecule has 118 valence electrons. The summed E-state index contributed by atoms with van der Waals surface area (Å²) in [6.45, 7) is 2.42. The molecule has 0 aliphatic heterocycles. The van der Waals surface area contributed by atoms with Gasteiger partial charge in [-0.3, -0.25) is 4.79 Å². The molecule has 1 rings (SSSR count). The van der Waals surface area contributed by atoms with E-state index in [0.29, 0.717) is 0 Å². The summed E-state index contributed by atoms with van der Waals surface area (Å²) in [6, 6.07) is 10.8. The first kappa shape index (κ1) is 17.7. The molecular weight excluding hydrogens is 258 g/mol. The van der Waals surface area contributed by atoms with Crippen LogP contribution in [0.5, 0.6) is 0 Å². The van der Waals surface area contributed by atoms with Gasteiger partial charge in [-0.1, -0.05) is 75.3 Å². The van der Waals surface area contributed by atoms with Crippen LogP contribution < -0.4 is 5.32 Å². The third-order valence-corrected chi connectivity index (χ3v) is 3.86. The molecule has 1 N–H and O–H groups in total. The lowest BCUT2D eigenvalue weighted by atomic mass is 10.0. The molecule has 0 saturated carbocycles. The summed E-state index contributed by atoms with van der Waals surface area (Å²) in [6.07, 6.45) is 13.0. The highest BCUT2D eigenvalue weighted by Gasteiger charge is 1.95. The van der Waals surface area contributed by atoms with Crippen LogP contribution in [0.1, 0.15) is 70.3 Å². The molecule has 1 aromatic carbocycles. The maximum Gasteiger partial charge on any atom is 0.216 e. The molecule has 0 aliphatic carbocycles. The number of aryl methyl sites for hydroxylation is 1. The van der Waals surface area contributed by atoms with Crippen molar-refractivity contribution in [3.8, 4) is 0 Å². The van der Waals surface area contributed by atoms with Crippen molar-refractivity contribution in [3.05, 3.63) is 35.9 Å². The van der Waals surface area contributed by atoms with E-state index in [4.69, 9.17) is 0 Å². The van der Waals surface area contributed by atoms with Crippen LogP contribution in [0.15, 0.2) is 30.3 Å². The number of nitrogens with one attached hydrogen (secondary N) is 1. The van der Waals surface area contributed by atoms with Gasteiger partial charge < -0.3 is 5.32 Å². The molecule has 0 radical (unpaired) electrons. The summed E-state index contributed by atoms with van der Waals surface area (Å²) >= 11 is 0. The Balaban J connectivity index is 1.78. The maximum absolute atomic E-state index is 10.7. The van der Waals surface area contributed by atoms with Crippen LogP contribution in [0, 0.1) is 0 Å². The summed E-state index contributed by atoms with van der Waals surface area (Å²) in [4.78, 5) is 10.7. The summed E-state index contributed by atoms with van der Waals surface area (Å²) in [7, 11) is 0. The molecule has 0 aliphatic rings. The number of carbonyl (C=O) groups is 1. The predicted octanol–water partition coefficient (Wildman–Crippen LogP) is 4.88. The van der Waals surface area contributed by atoms with Gasteiger partial charge in [-0.15, -0.1) is 0 Å². The molecular formula is C19H31NO. The SMILES string of the molecule is CC(=O)NCCCCCCCCCCCc1ccccc1. The number of hydrogen-bond acceptors (Lipinski definition) is 1. The van der Waals surface area contributed by atoms with Crippen LogP contribution in [0.2, 0.25) is 0 Å². The highest BCUT2D eigenvalue weighted by molar-refractivity contribution is 5.72. The van der Waals surface area contributed by atoms with Gasteiger partial charge in [0.15, 0.2) is 0 Å². The Bertz CT molecular complexity index is 361. The van der Waals surface area contributed by atoms with E-state index >= 15 is 0 Å². The van der Waals surface area contributed by atoms with Gasteiger partial charge >= 0.3 is 0 Å². The van der Waals surface area contributed by atoms with Crippen LogP contribution >= 0.6 is 0 Å². The smallest absolute Gasteiger partial charge is 0.216 e. The van der Waals surface area contributed by atoms with Gasteiger partial charge in [-0.25, -0.2) is 0 Å². The summed E-state index contributed by atoms with van der Waals surface area (Å²) < 4.78 is 0. The summed E-state index contributed by atoms with van der Waals surface area (Å²) in [5.74, 6) is 0.0884. The fourth-order valence-electron chi connectivity index (χ4n) is 2.60. The molecule has 0 aromatic heterocycles. The average molecular weight is 289 g/mol. The van der Waals surface area contributed by atoms with Gasteiger partial charge in [0.2, 0.25) is 5.91 Å². The van der Waals surface area contributed by atoms with Gasteiger partial charge in [0.25, 0.3) is 0 Å². The van der Waals surface area contributed by atoms with Crippen molar-refractivity contribution in [1.82, 2.24) is 5.32 Å². The van der Waals surface area contributed by atoms with E-state index in [2.05, 4.69) is 35.6 Å². The van der Waals surface area contributed by atoms with E-state index in [0.717, 1.165) is 13.0 Å². The maximum atomic E-state index is 10.7. The molecule has 0 heterocycles. The molecule has 0 spiro atoms. The van der Waals surface area contributed by atoms with Gasteiger partial charge in [-0.2, -0.15) is 0 Å². The lowest BCUT2D eigenvalue weighted by Crippen LogP contribution is -2.20. The van der Waals surface area contributed by atoms with Gasteiger partial charge in [-0.05, 0) is 24.8 Å². The Labute approximate surface area is 130 Å². The molecule has 0 saturated heterocycles. The van der Waals surface area contributed by atoms with Gasteiger partial charge in [0.05, 0.1) is 0 Å². The van der Waals surface area contributed by atoms with Crippen molar-refractivity contribution in [2.45, 2.75) is 71.1 Å². The predicted molar refractivity (Wildman–Crippen MR) is 90.4 cm³/mol. The van der Waals surface area contributed by atoms with E-state index in [1.807, 2.05) is 0 Å². The third kappa shape index (κ3) is 11.1. The number of rotatable bonds is 12. The minimum Gasteiger partial charge on any atom is -0.356 e. The standard InChI is InChI=1S/C19H31NO/c1-18(21)20-17-13-8-6-4-2-3-5-7-10-14-19-15-11-9-12-16-19/h9,11-12,15-16H,2-8,10,13-14,17H2,1H3,(H,20,21). The number of unbranched alkanes of at least 4 members (excludes halogenated alkanes) is 8. The van der Waals surface area contributed by atoms with Crippen molar-refractivity contribution >= 4 is 5.91 Å². The minimum absolute atomic E-state index is 0.0884. The Morgan fingerprint density at radius 3 is 1.90 bits per heavy atom. The number of amides is 1. The number of carbonyl (C=O) groups excluding carboxylic acids is 1. The van der Waals surface area contributed by atoms with Crippen molar-refractivity contribution in [1.29, 1.82) is 0 Å². The normalized spacial score (nSPS) is 10.5. The van der Waals surface area contributed by atoms with Crippen molar-refractivity contribution < 1.29 is 4.79 Å². The fraction of sp³-hybridized carbons (Fsp3) is 0.632. The topological polar surface area (TPSA) is 29.1 Å². The first-order chi connectivity index (χ1) is 10.3. The zero-order valence-corrected chi connectivity index (χ0v) is 13.6. The lowest BCUT2D eigenvalue weighted by molar-refractivity contribution is -0.118. The Morgan fingerprint density at radius 2 is 1.33 bits per heavy atom. The van der Waals surface area contributed by atoms with Crippen LogP contribution in [-0.2, 0) is 11.2 Å². The van der Waals surface area contributed by atoms with E-state index in [-0.39, 0.29) is 5.91 Å². The van der Waals surface area contributed by atoms with Crippen LogP contribution in [0.25, 0.3) is 0 Å². The zero-order valence-electron chi connectivity index (χ0n) is 13.6. The second-order valence-corrected chi connectivity index (χ2v) is 5.90. The van der Waals surface area contributed by atoms with Crippen molar-refractivity contribution in [2.75, 3.05) is 6.54 Å². The molecule has 0 unspecified atom stereocenters. The van der Waals surface area contributed by atoms with E-state index in [9.17, 15) is 4.79 Å². The largest absolute Gasteiger partial charge is 0.356 e. The Morgan fingerprint density at radius 1 is 0.810 bits per heavy atom. The van der Waals surface area contributed by atoms with Gasteiger partial charge in [0, 0.05) is 13.5 Å². The molecule has 2 nitrogen and oxygen atoms in total. The third-order valence-electron chi connectivity index (χ3n) is 3.86. The minimum atomic E-state index is 0.0884. The highest BCUT2D eigenvalue weighted by Crippen LogP contribution is 2.11. The lowest BCUT2D eigenvalue weighted by Gasteiger charge is -2.04. The van der Waals surface area contributed by atoms with Gasteiger partial charge in [0.1, 0.15) is 0 Å². The molecule has 0 fully saturated rings. The summed E-state index contributed by atoms with van der Waals surface area (Å²) in [5, 5.41) is 2.85. The molecule has 0 bridgehead atoms. The molecule has 21 heavy (non-hydrogen) atoms. The van der Waals surface area contributed by atoms with Crippen LogP contribution in [0.4, 0.5) is 0 Å². The molecule has 1 amide bonds. The number of benzene rings is 1. The Hall–Kier alpha value is -1.31.